The quantitative estimate of drug-likeness (QED) is 0.422. The highest BCUT2D eigenvalue weighted by molar-refractivity contribution is 6.23. The predicted octanol–water partition coefficient (Wildman–Crippen LogP) is 5.42. The summed E-state index contributed by atoms with van der Waals surface area (Å²) in [5.41, 5.74) is 6.41. The number of fused-ring (bicyclic) bond motifs is 5. The van der Waals surface area contributed by atoms with Crippen LogP contribution in [0.3, 0.4) is 0 Å². The number of anilines is 1. The van der Waals surface area contributed by atoms with Crippen LogP contribution in [0.25, 0.3) is 5.57 Å². The lowest BCUT2D eigenvalue weighted by Gasteiger charge is -2.21. The zero-order chi connectivity index (χ0) is 21.8. The van der Waals surface area contributed by atoms with Gasteiger partial charge in [-0.3, -0.25) is 9.59 Å². The van der Waals surface area contributed by atoms with E-state index in [1.54, 1.807) is 0 Å². The summed E-state index contributed by atoms with van der Waals surface area (Å²) in [5, 5.41) is 0. The van der Waals surface area contributed by atoms with Gasteiger partial charge in [0.2, 0.25) is 11.8 Å². The molecule has 4 atom stereocenters. The molecule has 3 heteroatoms. The Bertz CT molecular complexity index is 1200. The summed E-state index contributed by atoms with van der Waals surface area (Å²) >= 11 is 0. The van der Waals surface area contributed by atoms with Crippen LogP contribution in [0.2, 0.25) is 0 Å². The number of amides is 2. The summed E-state index contributed by atoms with van der Waals surface area (Å²) in [6.45, 7) is 2.00. The minimum Gasteiger partial charge on any atom is -0.274 e. The third-order valence-corrected chi connectivity index (χ3v) is 7.12. The molecule has 2 bridgehead atoms. The maximum absolute atomic E-state index is 13.6. The van der Waals surface area contributed by atoms with Gasteiger partial charge < -0.3 is 0 Å². The molecule has 0 N–H and O–H groups in total. The Morgan fingerprint density at radius 2 is 1.12 bits per heavy atom. The third-order valence-electron chi connectivity index (χ3n) is 7.12. The van der Waals surface area contributed by atoms with Crippen LogP contribution in [-0.2, 0) is 9.59 Å². The van der Waals surface area contributed by atoms with Crippen molar-refractivity contribution >= 4 is 23.1 Å². The summed E-state index contributed by atoms with van der Waals surface area (Å²) in [5.74, 6) is -0.885. The molecular weight excluding hydrogens is 394 g/mol. The number of benzene rings is 3. The number of nitrogens with zero attached hydrogens (tertiary/aromatic N) is 1. The van der Waals surface area contributed by atoms with Crippen molar-refractivity contribution in [3.05, 3.63) is 119 Å². The molecule has 1 saturated carbocycles. The van der Waals surface area contributed by atoms with Gasteiger partial charge >= 0.3 is 0 Å². The SMILES string of the molecule is Cc1ccc(N2C(=O)[C@@H]3[C@@H](C2=O)[C@H]2C=C[C@H]3C2=C(c2ccccc2)c2ccccc2)cc1. The average Bonchev–Trinajstić information content (AvgIpc) is 3.46. The molecule has 1 heterocycles. The Morgan fingerprint density at radius 1 is 0.656 bits per heavy atom. The van der Waals surface area contributed by atoms with Crippen LogP contribution in [0.15, 0.2) is 103 Å². The zero-order valence-corrected chi connectivity index (χ0v) is 17.8. The van der Waals surface area contributed by atoms with Gasteiger partial charge in [0.05, 0.1) is 17.5 Å². The van der Waals surface area contributed by atoms with Gasteiger partial charge in [0.25, 0.3) is 0 Å². The van der Waals surface area contributed by atoms with Crippen molar-refractivity contribution in [2.75, 3.05) is 4.90 Å². The first-order valence-electron chi connectivity index (χ1n) is 11.1. The first-order valence-corrected chi connectivity index (χ1v) is 11.1. The third kappa shape index (κ3) is 2.67. The van der Waals surface area contributed by atoms with Gasteiger partial charge in [-0.1, -0.05) is 90.5 Å². The molecule has 32 heavy (non-hydrogen) atoms. The molecule has 3 aliphatic rings. The normalized spacial score (nSPS) is 25.5. The van der Waals surface area contributed by atoms with Gasteiger partial charge in [0, 0.05) is 11.8 Å². The standard InChI is InChI=1S/C29H23NO2/c1-18-12-14-21(15-13-18)30-28(31)26-22-16-17-23(27(26)29(30)32)25(22)24(19-8-4-2-5-9-19)20-10-6-3-7-11-20/h2-17,22-23,26-27H,1H3/t22-,23-,26-,27-/m0/s1. The largest absolute Gasteiger partial charge is 0.274 e. The molecule has 3 aromatic rings. The Hall–Kier alpha value is -3.72. The van der Waals surface area contributed by atoms with Gasteiger partial charge in [-0.05, 0) is 41.3 Å². The predicted molar refractivity (Wildman–Crippen MR) is 126 cm³/mol. The Morgan fingerprint density at radius 3 is 1.59 bits per heavy atom. The first-order chi connectivity index (χ1) is 15.6. The molecule has 0 radical (unpaired) electrons. The molecule has 0 aromatic heterocycles. The fourth-order valence-electron chi connectivity index (χ4n) is 5.75. The van der Waals surface area contributed by atoms with E-state index in [1.165, 1.54) is 10.5 Å². The second kappa shape index (κ2) is 7.16. The van der Waals surface area contributed by atoms with Gasteiger partial charge in [0.15, 0.2) is 0 Å². The maximum Gasteiger partial charge on any atom is 0.238 e. The van der Waals surface area contributed by atoms with Crippen LogP contribution in [-0.4, -0.2) is 11.8 Å². The molecule has 156 valence electrons. The van der Waals surface area contributed by atoms with Crippen molar-refractivity contribution in [1.29, 1.82) is 0 Å². The number of hydrogen-bond donors (Lipinski definition) is 0. The van der Waals surface area contributed by atoms with E-state index in [2.05, 4.69) is 36.4 Å². The van der Waals surface area contributed by atoms with E-state index in [0.717, 1.165) is 22.3 Å². The Balaban J connectivity index is 1.48. The Labute approximate surface area is 187 Å². The van der Waals surface area contributed by atoms with E-state index < -0.39 is 0 Å². The van der Waals surface area contributed by atoms with Crippen molar-refractivity contribution in [2.24, 2.45) is 23.7 Å². The number of allylic oxidation sites excluding steroid dienone is 3. The summed E-state index contributed by atoms with van der Waals surface area (Å²) in [7, 11) is 0. The summed E-state index contributed by atoms with van der Waals surface area (Å²) in [4.78, 5) is 28.5. The number of rotatable bonds is 3. The zero-order valence-electron chi connectivity index (χ0n) is 17.8. The van der Waals surface area contributed by atoms with Crippen molar-refractivity contribution < 1.29 is 9.59 Å². The molecule has 3 nitrogen and oxygen atoms in total. The minimum atomic E-state index is -0.323. The van der Waals surface area contributed by atoms with E-state index in [1.807, 2.05) is 67.6 Å². The summed E-state index contributed by atoms with van der Waals surface area (Å²) in [6, 6.07) is 28.3. The van der Waals surface area contributed by atoms with E-state index in [0.29, 0.717) is 5.69 Å². The van der Waals surface area contributed by atoms with Crippen molar-refractivity contribution in [1.82, 2.24) is 0 Å². The molecule has 1 saturated heterocycles. The van der Waals surface area contributed by atoms with Gasteiger partial charge in [0.1, 0.15) is 0 Å². The van der Waals surface area contributed by atoms with Gasteiger partial charge in [-0.2, -0.15) is 0 Å². The van der Waals surface area contributed by atoms with Crippen molar-refractivity contribution in [2.45, 2.75) is 6.92 Å². The lowest BCUT2D eigenvalue weighted by Crippen LogP contribution is -2.33. The number of carbonyl (C=O) groups is 2. The molecule has 3 aromatic carbocycles. The molecule has 6 rings (SSSR count). The fourth-order valence-corrected chi connectivity index (χ4v) is 5.75. The molecule has 0 spiro atoms. The van der Waals surface area contributed by atoms with E-state index in [4.69, 9.17) is 0 Å². The minimum absolute atomic E-state index is 0.0488. The van der Waals surface area contributed by atoms with Crippen LogP contribution in [0, 0.1) is 30.6 Å². The smallest absolute Gasteiger partial charge is 0.238 e. The Kier molecular flexibility index (Phi) is 4.25. The van der Waals surface area contributed by atoms with Crippen molar-refractivity contribution in [3.8, 4) is 0 Å². The molecule has 1 aliphatic heterocycles. The van der Waals surface area contributed by atoms with Crippen molar-refractivity contribution in [3.63, 3.8) is 0 Å². The first kappa shape index (κ1) is 19.0. The molecule has 2 aliphatic carbocycles. The molecule has 2 fully saturated rings. The molecular formula is C29H23NO2. The van der Waals surface area contributed by atoms with Gasteiger partial charge in [-0.15, -0.1) is 0 Å². The molecule has 2 amide bonds. The number of hydrogen-bond acceptors (Lipinski definition) is 2. The monoisotopic (exact) mass is 417 g/mol. The molecule has 0 unspecified atom stereocenters. The van der Waals surface area contributed by atoms with E-state index in [-0.39, 0.29) is 35.5 Å². The topological polar surface area (TPSA) is 37.4 Å². The lowest BCUT2D eigenvalue weighted by atomic mass is 9.85. The summed E-state index contributed by atoms with van der Waals surface area (Å²) < 4.78 is 0. The number of imide groups is 1. The van der Waals surface area contributed by atoms with Crippen LogP contribution >= 0.6 is 0 Å². The fraction of sp³-hybridized carbons (Fsp3) is 0.172. The number of carbonyl (C=O) groups excluding carboxylic acids is 2. The number of aryl methyl sites for hydroxylation is 1. The van der Waals surface area contributed by atoms with E-state index in [9.17, 15) is 9.59 Å². The second-order valence-corrected chi connectivity index (χ2v) is 8.90. The highest BCUT2D eigenvalue weighted by Gasteiger charge is 2.62. The van der Waals surface area contributed by atoms with Crippen LogP contribution in [0.5, 0.6) is 0 Å². The van der Waals surface area contributed by atoms with E-state index >= 15 is 0 Å². The van der Waals surface area contributed by atoms with Crippen LogP contribution in [0.1, 0.15) is 16.7 Å². The van der Waals surface area contributed by atoms with Gasteiger partial charge in [-0.25, -0.2) is 4.90 Å². The maximum atomic E-state index is 13.6. The highest BCUT2D eigenvalue weighted by Crippen LogP contribution is 2.58. The van der Waals surface area contributed by atoms with Crippen LogP contribution in [0.4, 0.5) is 5.69 Å². The lowest BCUT2D eigenvalue weighted by molar-refractivity contribution is -0.122. The van der Waals surface area contributed by atoms with Crippen LogP contribution < -0.4 is 4.90 Å². The summed E-state index contributed by atoms with van der Waals surface area (Å²) in [6.07, 6.45) is 4.30. The highest BCUT2D eigenvalue weighted by atomic mass is 16.2. The second-order valence-electron chi connectivity index (χ2n) is 8.90. The average molecular weight is 418 g/mol.